The van der Waals surface area contributed by atoms with Crippen molar-refractivity contribution < 1.29 is 19.4 Å². The quantitative estimate of drug-likeness (QED) is 0.611. The van der Waals surface area contributed by atoms with Gasteiger partial charge in [-0.25, -0.2) is 9.79 Å². The van der Waals surface area contributed by atoms with Gasteiger partial charge >= 0.3 is 5.97 Å². The van der Waals surface area contributed by atoms with Gasteiger partial charge in [0.1, 0.15) is 0 Å². The van der Waals surface area contributed by atoms with Gasteiger partial charge < -0.3 is 9.84 Å². The lowest BCUT2D eigenvalue weighted by Gasteiger charge is -2.09. The van der Waals surface area contributed by atoms with Gasteiger partial charge in [0.25, 0.3) is 5.91 Å². The summed E-state index contributed by atoms with van der Waals surface area (Å²) in [6, 6.07) is 0. The Kier molecular flexibility index (Phi) is 2.35. The number of dihydropyridines is 1. The third kappa shape index (κ3) is 1.57. The largest absolute Gasteiger partial charge is 0.477 e. The number of aliphatic imine (C=N–C) groups is 1. The molecule has 12 heavy (non-hydrogen) atoms. The van der Waals surface area contributed by atoms with Gasteiger partial charge in [0.15, 0.2) is 11.8 Å². The molecular weight excluding hydrogens is 162 g/mol. The Hall–Kier alpha value is -1.49. The molecule has 0 spiro atoms. The molecule has 0 aromatic rings. The number of carbonyl (C=O) groups is 2. The molecule has 5 heteroatoms. The minimum Gasteiger partial charge on any atom is -0.477 e. The first-order valence-electron chi connectivity index (χ1n) is 3.22. The highest BCUT2D eigenvalue weighted by Crippen LogP contribution is 2.03. The van der Waals surface area contributed by atoms with Gasteiger partial charge in [-0.05, 0) is 12.2 Å². The van der Waals surface area contributed by atoms with Crippen molar-refractivity contribution in [2.75, 3.05) is 7.11 Å². The van der Waals surface area contributed by atoms with Crippen LogP contribution in [0.1, 0.15) is 0 Å². The number of nitrogens with zero attached hydrogens (tertiary/aromatic N) is 1. The van der Waals surface area contributed by atoms with Gasteiger partial charge in [-0.2, -0.15) is 0 Å². The number of rotatable bonds is 2. The Bertz CT molecular complexity index is 279. The second-order valence-corrected chi connectivity index (χ2v) is 2.16. The van der Waals surface area contributed by atoms with E-state index in [2.05, 4.69) is 4.99 Å². The number of methoxy groups -OCH3 is 1. The fourth-order valence-electron chi connectivity index (χ4n) is 0.779. The number of carbonyl (C=O) groups excluding carboxylic acids is 1. The molecule has 1 heterocycles. The second kappa shape index (κ2) is 3.27. The summed E-state index contributed by atoms with van der Waals surface area (Å²) in [5.74, 6) is -1.80. The maximum atomic E-state index is 10.9. The third-order valence-electron chi connectivity index (χ3n) is 1.38. The van der Waals surface area contributed by atoms with E-state index in [9.17, 15) is 9.59 Å². The van der Waals surface area contributed by atoms with Crippen molar-refractivity contribution in [3.05, 3.63) is 12.2 Å². The summed E-state index contributed by atoms with van der Waals surface area (Å²) in [4.78, 5) is 24.5. The number of hydrogen-bond acceptors (Lipinski definition) is 3. The lowest BCUT2D eigenvalue weighted by atomic mass is 10.2. The van der Waals surface area contributed by atoms with Gasteiger partial charge in [0.2, 0.25) is 0 Å². The standard InChI is InChI=1S/C7H7NO4/c1-12-5-3-2-4(7(10)11)8-6(5)9/h2-3,5H,1H3,(H,10,11). The molecule has 1 aliphatic rings. The van der Waals surface area contributed by atoms with Crippen molar-refractivity contribution in [3.63, 3.8) is 0 Å². The highest BCUT2D eigenvalue weighted by atomic mass is 16.5. The zero-order valence-corrected chi connectivity index (χ0v) is 6.35. The van der Waals surface area contributed by atoms with Crippen LogP contribution in [0.25, 0.3) is 0 Å². The molecule has 0 aromatic carbocycles. The van der Waals surface area contributed by atoms with Crippen LogP contribution in [0.3, 0.4) is 0 Å². The summed E-state index contributed by atoms with van der Waals surface area (Å²) in [6.07, 6.45) is 1.87. The Morgan fingerprint density at radius 2 is 2.42 bits per heavy atom. The average Bonchev–Trinajstić information content (AvgIpc) is 2.04. The molecule has 0 fully saturated rings. The van der Waals surface area contributed by atoms with E-state index in [-0.39, 0.29) is 5.71 Å². The molecule has 0 radical (unpaired) electrons. The first kappa shape index (κ1) is 8.61. The zero-order chi connectivity index (χ0) is 9.14. The maximum Gasteiger partial charge on any atom is 0.354 e. The number of carboxylic acids is 1. The molecule has 1 amide bonds. The third-order valence-corrected chi connectivity index (χ3v) is 1.38. The Labute approximate surface area is 68.4 Å². The van der Waals surface area contributed by atoms with Crippen molar-refractivity contribution in [2.45, 2.75) is 6.10 Å². The van der Waals surface area contributed by atoms with E-state index in [4.69, 9.17) is 9.84 Å². The van der Waals surface area contributed by atoms with Crippen LogP contribution >= 0.6 is 0 Å². The van der Waals surface area contributed by atoms with Gasteiger partial charge in [-0.15, -0.1) is 0 Å². The van der Waals surface area contributed by atoms with Crippen LogP contribution in [0.4, 0.5) is 0 Å². The number of ether oxygens (including phenoxy) is 1. The van der Waals surface area contributed by atoms with Crippen LogP contribution in [0.15, 0.2) is 17.1 Å². The number of carboxylic acid groups (broad SMARTS) is 1. The molecule has 0 aliphatic carbocycles. The van der Waals surface area contributed by atoms with E-state index in [1.165, 1.54) is 19.3 Å². The summed E-state index contributed by atoms with van der Waals surface area (Å²) in [5, 5.41) is 8.44. The molecule has 5 nitrogen and oxygen atoms in total. The predicted octanol–water partition coefficient (Wildman–Crippen LogP) is -0.377. The molecule has 1 atom stereocenters. The zero-order valence-electron chi connectivity index (χ0n) is 6.35. The summed E-state index contributed by atoms with van der Waals surface area (Å²) < 4.78 is 4.70. The molecule has 0 saturated heterocycles. The Morgan fingerprint density at radius 1 is 1.75 bits per heavy atom. The van der Waals surface area contributed by atoms with E-state index >= 15 is 0 Å². The maximum absolute atomic E-state index is 10.9. The Balaban J connectivity index is 2.83. The minimum atomic E-state index is -1.21. The minimum absolute atomic E-state index is 0.256. The van der Waals surface area contributed by atoms with Crippen molar-refractivity contribution in [3.8, 4) is 0 Å². The van der Waals surface area contributed by atoms with Gasteiger partial charge in [-0.3, -0.25) is 4.79 Å². The lowest BCUT2D eigenvalue weighted by molar-refractivity contribution is -0.130. The number of amides is 1. The SMILES string of the molecule is COC1C=CC(C(=O)O)=NC1=O. The summed E-state index contributed by atoms with van der Waals surface area (Å²) >= 11 is 0. The van der Waals surface area contributed by atoms with E-state index < -0.39 is 18.0 Å². The average molecular weight is 169 g/mol. The van der Waals surface area contributed by atoms with E-state index in [0.29, 0.717) is 0 Å². The van der Waals surface area contributed by atoms with Crippen LogP contribution in [0.5, 0.6) is 0 Å². The first-order chi connectivity index (χ1) is 5.65. The lowest BCUT2D eigenvalue weighted by Crippen LogP contribution is -2.26. The van der Waals surface area contributed by atoms with Crippen LogP contribution in [-0.2, 0) is 14.3 Å². The van der Waals surface area contributed by atoms with E-state index in [1.807, 2.05) is 0 Å². The normalized spacial score (nSPS) is 22.2. The summed E-state index contributed by atoms with van der Waals surface area (Å²) in [7, 11) is 1.36. The summed E-state index contributed by atoms with van der Waals surface area (Å²) in [5.41, 5.74) is -0.256. The van der Waals surface area contributed by atoms with E-state index in [1.54, 1.807) is 0 Å². The fraction of sp³-hybridized carbons (Fsp3) is 0.286. The van der Waals surface area contributed by atoms with Crippen LogP contribution in [-0.4, -0.2) is 35.9 Å². The van der Waals surface area contributed by atoms with Crippen molar-refractivity contribution >= 4 is 17.6 Å². The fourth-order valence-corrected chi connectivity index (χ4v) is 0.779. The Morgan fingerprint density at radius 3 is 2.83 bits per heavy atom. The molecule has 1 rings (SSSR count). The number of aliphatic carboxylic acids is 1. The summed E-state index contributed by atoms with van der Waals surface area (Å²) in [6.45, 7) is 0. The molecule has 0 bridgehead atoms. The van der Waals surface area contributed by atoms with Crippen LogP contribution in [0, 0.1) is 0 Å². The molecule has 1 aliphatic heterocycles. The highest BCUT2D eigenvalue weighted by molar-refractivity contribution is 6.42. The molecule has 64 valence electrons. The number of hydrogen-bond donors (Lipinski definition) is 1. The van der Waals surface area contributed by atoms with Crippen molar-refractivity contribution in [1.29, 1.82) is 0 Å². The second-order valence-electron chi connectivity index (χ2n) is 2.16. The molecular formula is C7H7NO4. The smallest absolute Gasteiger partial charge is 0.354 e. The van der Waals surface area contributed by atoms with Crippen molar-refractivity contribution in [2.24, 2.45) is 4.99 Å². The topological polar surface area (TPSA) is 76.0 Å². The van der Waals surface area contributed by atoms with Gasteiger partial charge in [0, 0.05) is 7.11 Å². The van der Waals surface area contributed by atoms with E-state index in [0.717, 1.165) is 0 Å². The molecule has 0 aromatic heterocycles. The van der Waals surface area contributed by atoms with Gasteiger partial charge in [0.05, 0.1) is 0 Å². The van der Waals surface area contributed by atoms with Crippen molar-refractivity contribution in [1.82, 2.24) is 0 Å². The molecule has 0 saturated carbocycles. The first-order valence-corrected chi connectivity index (χ1v) is 3.22. The monoisotopic (exact) mass is 169 g/mol. The molecule has 1 unspecified atom stereocenters. The van der Waals surface area contributed by atoms with Crippen LogP contribution < -0.4 is 0 Å². The van der Waals surface area contributed by atoms with Crippen LogP contribution in [0.2, 0.25) is 0 Å². The highest BCUT2D eigenvalue weighted by Gasteiger charge is 2.21. The molecule has 1 N–H and O–H groups in total. The van der Waals surface area contributed by atoms with Gasteiger partial charge in [-0.1, -0.05) is 0 Å². The predicted molar refractivity (Wildman–Crippen MR) is 40.0 cm³/mol.